The van der Waals surface area contributed by atoms with Gasteiger partial charge in [-0.15, -0.1) is 0 Å². The Morgan fingerprint density at radius 3 is 2.60 bits per heavy atom. The van der Waals surface area contributed by atoms with E-state index in [2.05, 4.69) is 22.9 Å². The standard InChI is InChI=1S/C10H14N2.CH2O2/c1-9-5-4-6-11-10(9)12-7-2-3-8-12;2-1-3/h4-6H,2-3,7-8H2,1H3;1H,(H,2,3). The number of pyridine rings is 1. The number of nitrogens with zero attached hydrogens (tertiary/aromatic N) is 2. The first-order valence-corrected chi connectivity index (χ1v) is 5.04. The molecule has 1 aromatic heterocycles. The molecule has 0 saturated carbocycles. The first-order chi connectivity index (χ1) is 7.29. The minimum absolute atomic E-state index is 0.250. The second kappa shape index (κ2) is 6.01. The monoisotopic (exact) mass is 208 g/mol. The molecular formula is C11H16N2O2. The SMILES string of the molecule is Cc1cccnc1N1CCCC1.O=CO. The molecule has 1 aliphatic heterocycles. The molecule has 2 heterocycles. The third-order valence-electron chi connectivity index (χ3n) is 2.39. The second-order valence-corrected chi connectivity index (χ2v) is 3.44. The van der Waals surface area contributed by atoms with Crippen molar-refractivity contribution in [2.24, 2.45) is 0 Å². The van der Waals surface area contributed by atoms with E-state index in [1.807, 2.05) is 12.3 Å². The lowest BCUT2D eigenvalue weighted by Gasteiger charge is -2.17. The van der Waals surface area contributed by atoms with E-state index in [9.17, 15) is 0 Å². The molecule has 0 radical (unpaired) electrons. The van der Waals surface area contributed by atoms with Crippen molar-refractivity contribution in [1.29, 1.82) is 0 Å². The van der Waals surface area contributed by atoms with Crippen molar-refractivity contribution in [1.82, 2.24) is 4.98 Å². The Hall–Kier alpha value is -1.58. The van der Waals surface area contributed by atoms with Crippen LogP contribution in [0.3, 0.4) is 0 Å². The molecule has 82 valence electrons. The summed E-state index contributed by atoms with van der Waals surface area (Å²) in [5.74, 6) is 1.18. The Kier molecular flexibility index (Phi) is 4.60. The molecule has 1 fully saturated rings. The predicted molar refractivity (Wildman–Crippen MR) is 59.1 cm³/mol. The van der Waals surface area contributed by atoms with Gasteiger partial charge in [-0.3, -0.25) is 4.79 Å². The molecule has 2 rings (SSSR count). The molecule has 0 aromatic carbocycles. The number of carboxylic acid groups (broad SMARTS) is 1. The van der Waals surface area contributed by atoms with Gasteiger partial charge in [0.15, 0.2) is 0 Å². The zero-order valence-electron chi connectivity index (χ0n) is 8.89. The smallest absolute Gasteiger partial charge is 0.290 e. The van der Waals surface area contributed by atoms with Gasteiger partial charge in [0.25, 0.3) is 6.47 Å². The summed E-state index contributed by atoms with van der Waals surface area (Å²) in [6, 6.07) is 4.12. The van der Waals surface area contributed by atoms with E-state index in [1.165, 1.54) is 37.3 Å². The quantitative estimate of drug-likeness (QED) is 0.713. The molecular weight excluding hydrogens is 192 g/mol. The van der Waals surface area contributed by atoms with Crippen LogP contribution in [0.5, 0.6) is 0 Å². The number of rotatable bonds is 1. The highest BCUT2D eigenvalue weighted by atomic mass is 16.3. The fraction of sp³-hybridized carbons (Fsp3) is 0.455. The molecule has 0 aliphatic carbocycles. The van der Waals surface area contributed by atoms with Crippen molar-refractivity contribution in [3.63, 3.8) is 0 Å². The van der Waals surface area contributed by atoms with Crippen LogP contribution in [0.25, 0.3) is 0 Å². The molecule has 4 heteroatoms. The van der Waals surface area contributed by atoms with Crippen LogP contribution in [0, 0.1) is 6.92 Å². The summed E-state index contributed by atoms with van der Waals surface area (Å²) < 4.78 is 0. The van der Waals surface area contributed by atoms with Gasteiger partial charge in [0.1, 0.15) is 5.82 Å². The minimum Gasteiger partial charge on any atom is -0.483 e. The van der Waals surface area contributed by atoms with Crippen LogP contribution >= 0.6 is 0 Å². The average molecular weight is 208 g/mol. The van der Waals surface area contributed by atoms with Crippen LogP contribution in [0.15, 0.2) is 18.3 Å². The Labute approximate surface area is 89.6 Å². The maximum Gasteiger partial charge on any atom is 0.290 e. The summed E-state index contributed by atoms with van der Waals surface area (Å²) in [7, 11) is 0. The zero-order chi connectivity index (χ0) is 11.1. The van der Waals surface area contributed by atoms with E-state index in [-0.39, 0.29) is 6.47 Å². The first kappa shape index (κ1) is 11.5. The van der Waals surface area contributed by atoms with E-state index in [1.54, 1.807) is 0 Å². The van der Waals surface area contributed by atoms with Crippen LogP contribution in [-0.4, -0.2) is 29.7 Å². The Balaban J connectivity index is 0.000000337. The predicted octanol–water partition coefficient (Wildman–Crippen LogP) is 1.69. The highest BCUT2D eigenvalue weighted by Gasteiger charge is 2.14. The summed E-state index contributed by atoms with van der Waals surface area (Å²) in [4.78, 5) is 15.1. The van der Waals surface area contributed by atoms with Crippen LogP contribution in [0.1, 0.15) is 18.4 Å². The van der Waals surface area contributed by atoms with Gasteiger partial charge < -0.3 is 10.0 Å². The van der Waals surface area contributed by atoms with Gasteiger partial charge in [0, 0.05) is 19.3 Å². The van der Waals surface area contributed by atoms with Crippen molar-refractivity contribution >= 4 is 12.3 Å². The Morgan fingerprint density at radius 1 is 1.47 bits per heavy atom. The third kappa shape index (κ3) is 3.23. The van der Waals surface area contributed by atoms with Gasteiger partial charge >= 0.3 is 0 Å². The van der Waals surface area contributed by atoms with Crippen LogP contribution in [-0.2, 0) is 4.79 Å². The van der Waals surface area contributed by atoms with E-state index < -0.39 is 0 Å². The highest BCUT2D eigenvalue weighted by Crippen LogP contribution is 2.20. The molecule has 0 spiro atoms. The number of hydrogen-bond donors (Lipinski definition) is 1. The summed E-state index contributed by atoms with van der Waals surface area (Å²) in [6.45, 7) is 4.23. The lowest BCUT2D eigenvalue weighted by atomic mass is 10.3. The molecule has 15 heavy (non-hydrogen) atoms. The molecule has 0 atom stereocenters. The number of aromatic nitrogens is 1. The molecule has 4 nitrogen and oxygen atoms in total. The van der Waals surface area contributed by atoms with Crippen molar-refractivity contribution < 1.29 is 9.90 Å². The molecule has 0 unspecified atom stereocenters. The number of hydrogen-bond acceptors (Lipinski definition) is 3. The largest absolute Gasteiger partial charge is 0.483 e. The van der Waals surface area contributed by atoms with Crippen LogP contribution in [0.2, 0.25) is 0 Å². The lowest BCUT2D eigenvalue weighted by Crippen LogP contribution is -2.19. The van der Waals surface area contributed by atoms with Crippen LogP contribution in [0.4, 0.5) is 5.82 Å². The highest BCUT2D eigenvalue weighted by molar-refractivity contribution is 5.46. The molecule has 1 aromatic rings. The fourth-order valence-corrected chi connectivity index (χ4v) is 1.74. The van der Waals surface area contributed by atoms with Crippen molar-refractivity contribution in [3.8, 4) is 0 Å². The normalized spacial score (nSPS) is 14.3. The topological polar surface area (TPSA) is 53.4 Å². The zero-order valence-corrected chi connectivity index (χ0v) is 8.89. The Bertz CT molecular complexity index is 309. The molecule has 1 N–H and O–H groups in total. The summed E-state index contributed by atoms with van der Waals surface area (Å²) in [6.07, 6.45) is 4.51. The van der Waals surface area contributed by atoms with Gasteiger partial charge in [-0.2, -0.15) is 0 Å². The third-order valence-corrected chi connectivity index (χ3v) is 2.39. The van der Waals surface area contributed by atoms with Crippen molar-refractivity contribution in [3.05, 3.63) is 23.9 Å². The number of aryl methyl sites for hydroxylation is 1. The lowest BCUT2D eigenvalue weighted by molar-refractivity contribution is -0.122. The summed E-state index contributed by atoms with van der Waals surface area (Å²) in [5.41, 5.74) is 1.29. The van der Waals surface area contributed by atoms with E-state index >= 15 is 0 Å². The van der Waals surface area contributed by atoms with Gasteiger partial charge in [-0.1, -0.05) is 6.07 Å². The molecule has 0 bridgehead atoms. The second-order valence-electron chi connectivity index (χ2n) is 3.44. The fourth-order valence-electron chi connectivity index (χ4n) is 1.74. The van der Waals surface area contributed by atoms with Crippen molar-refractivity contribution in [2.45, 2.75) is 19.8 Å². The van der Waals surface area contributed by atoms with Gasteiger partial charge in [-0.25, -0.2) is 4.98 Å². The summed E-state index contributed by atoms with van der Waals surface area (Å²) >= 11 is 0. The summed E-state index contributed by atoms with van der Waals surface area (Å²) in [5, 5.41) is 6.89. The molecule has 1 aliphatic rings. The van der Waals surface area contributed by atoms with Gasteiger partial charge in [-0.05, 0) is 31.4 Å². The van der Waals surface area contributed by atoms with Crippen molar-refractivity contribution in [2.75, 3.05) is 18.0 Å². The number of anilines is 1. The van der Waals surface area contributed by atoms with E-state index in [0.29, 0.717) is 0 Å². The van der Waals surface area contributed by atoms with E-state index in [0.717, 1.165) is 0 Å². The number of carbonyl (C=O) groups is 1. The minimum atomic E-state index is -0.250. The molecule has 0 amide bonds. The maximum absolute atomic E-state index is 8.36. The van der Waals surface area contributed by atoms with E-state index in [4.69, 9.17) is 9.90 Å². The maximum atomic E-state index is 8.36. The van der Waals surface area contributed by atoms with Gasteiger partial charge in [0.2, 0.25) is 0 Å². The molecule has 1 saturated heterocycles. The first-order valence-electron chi connectivity index (χ1n) is 5.04. The van der Waals surface area contributed by atoms with Crippen LogP contribution < -0.4 is 4.90 Å². The average Bonchev–Trinajstić information content (AvgIpc) is 2.72. The van der Waals surface area contributed by atoms with Gasteiger partial charge in [0.05, 0.1) is 0 Å². The Morgan fingerprint density at radius 2 is 2.07 bits per heavy atom.